The number of alkyl halides is 2. The van der Waals surface area contributed by atoms with Crippen LogP contribution >= 0.6 is 11.6 Å². The van der Waals surface area contributed by atoms with Crippen molar-refractivity contribution in [3.05, 3.63) is 113 Å². The predicted octanol–water partition coefficient (Wildman–Crippen LogP) is 4.78. The number of aliphatic hydroxyl groups is 2. The Kier molecular flexibility index (Phi) is 7.27. The lowest BCUT2D eigenvalue weighted by Gasteiger charge is -2.37. The summed E-state index contributed by atoms with van der Waals surface area (Å²) in [6.45, 7) is -0.791. The number of methoxy groups -OCH3 is 1. The van der Waals surface area contributed by atoms with Gasteiger partial charge in [-0.25, -0.2) is 4.98 Å². The van der Waals surface area contributed by atoms with Crippen molar-refractivity contribution in [1.29, 1.82) is 0 Å². The highest BCUT2D eigenvalue weighted by molar-refractivity contribution is 6.33. The number of nitrogens with one attached hydrogen (secondary N) is 1. The Morgan fingerprint density at radius 2 is 1.57 bits per heavy atom. The first-order chi connectivity index (χ1) is 20.3. The summed E-state index contributed by atoms with van der Waals surface area (Å²) in [5.41, 5.74) is 1.45. The number of nitrogens with zero attached hydrogens (tertiary/aromatic N) is 4. The number of ether oxygens (including phenoxy) is 2. The molecule has 5 aromatic rings. The maximum Gasteiger partial charge on any atom is 0.320 e. The molecule has 0 saturated carbocycles. The summed E-state index contributed by atoms with van der Waals surface area (Å²) in [6, 6.07) is 26.8. The SMILES string of the molecule is COc1ccc(C(Nc2nc(Cl)c3ncn([C@@H]4O[C@H](CO)[C@@H](O)C4(F)F)c3n2)(c2ccccc2)c2ccccc2)cc1. The van der Waals surface area contributed by atoms with Gasteiger partial charge in [-0.2, -0.15) is 18.7 Å². The first-order valence-electron chi connectivity index (χ1n) is 13.1. The van der Waals surface area contributed by atoms with Gasteiger partial charge in [-0.3, -0.25) is 4.57 Å². The van der Waals surface area contributed by atoms with Gasteiger partial charge in [-0.1, -0.05) is 84.4 Å². The molecule has 3 atom stereocenters. The third-order valence-electron chi connectivity index (χ3n) is 7.43. The molecule has 6 rings (SSSR count). The normalized spacial score (nSPS) is 20.1. The fourth-order valence-corrected chi connectivity index (χ4v) is 5.54. The standard InChI is InChI=1S/C30H26ClF2N5O4/c1-41-21-14-12-20(13-15-21)29(18-8-4-2-5-9-18,19-10-6-3-7-11-19)37-28-35-25(31)23-26(36-28)38(17-34-23)27-30(32,33)24(40)22(16-39)42-27/h2-15,17,22,24,27,39-40H,16H2,1H3,(H,35,36,37)/t22-,24-,27-/m1/s1. The lowest BCUT2D eigenvalue weighted by Crippen LogP contribution is -2.39. The summed E-state index contributed by atoms with van der Waals surface area (Å²) in [6.07, 6.45) is -4.59. The molecule has 0 bridgehead atoms. The topological polar surface area (TPSA) is 115 Å². The molecular formula is C30H26ClF2N5O4. The van der Waals surface area contributed by atoms with E-state index in [0.29, 0.717) is 5.75 Å². The molecule has 0 aliphatic carbocycles. The van der Waals surface area contributed by atoms with Crippen LogP contribution in [0, 0.1) is 0 Å². The van der Waals surface area contributed by atoms with Crippen LogP contribution in [0.5, 0.6) is 5.75 Å². The molecule has 2 aromatic heterocycles. The van der Waals surface area contributed by atoms with Gasteiger partial charge in [0.05, 0.1) is 20.0 Å². The van der Waals surface area contributed by atoms with E-state index in [4.69, 9.17) is 21.1 Å². The van der Waals surface area contributed by atoms with Crippen LogP contribution in [0.2, 0.25) is 5.15 Å². The Morgan fingerprint density at radius 3 is 2.12 bits per heavy atom. The number of benzene rings is 3. The third-order valence-corrected chi connectivity index (χ3v) is 7.69. The van der Waals surface area contributed by atoms with E-state index in [1.807, 2.05) is 84.9 Å². The Balaban J connectivity index is 1.54. The maximum atomic E-state index is 15.1. The van der Waals surface area contributed by atoms with Gasteiger partial charge in [0.25, 0.3) is 0 Å². The van der Waals surface area contributed by atoms with E-state index in [0.717, 1.165) is 27.6 Å². The summed E-state index contributed by atoms with van der Waals surface area (Å²) in [5, 5.41) is 22.9. The van der Waals surface area contributed by atoms with Crippen molar-refractivity contribution in [1.82, 2.24) is 19.5 Å². The molecule has 3 heterocycles. The molecule has 3 aromatic carbocycles. The van der Waals surface area contributed by atoms with Crippen LogP contribution in [0.25, 0.3) is 11.2 Å². The number of rotatable bonds is 8. The van der Waals surface area contributed by atoms with E-state index in [-0.39, 0.29) is 22.3 Å². The summed E-state index contributed by atoms with van der Waals surface area (Å²) in [7, 11) is 1.59. The molecule has 42 heavy (non-hydrogen) atoms. The smallest absolute Gasteiger partial charge is 0.320 e. The molecule has 0 unspecified atom stereocenters. The van der Waals surface area contributed by atoms with E-state index in [1.54, 1.807) is 7.11 Å². The van der Waals surface area contributed by atoms with Crippen LogP contribution in [-0.4, -0.2) is 61.6 Å². The van der Waals surface area contributed by atoms with Crippen LogP contribution in [0.3, 0.4) is 0 Å². The predicted molar refractivity (Wildman–Crippen MR) is 152 cm³/mol. The molecule has 0 radical (unpaired) electrons. The Hall–Kier alpha value is -4.16. The Labute approximate surface area is 244 Å². The van der Waals surface area contributed by atoms with Gasteiger partial charge in [0, 0.05) is 0 Å². The van der Waals surface area contributed by atoms with Crippen LogP contribution in [0.4, 0.5) is 14.7 Å². The van der Waals surface area contributed by atoms with Gasteiger partial charge in [-0.05, 0) is 28.8 Å². The number of hydrogen-bond acceptors (Lipinski definition) is 8. The van der Waals surface area contributed by atoms with Gasteiger partial charge in [-0.15, -0.1) is 0 Å². The minimum atomic E-state index is -3.74. The van der Waals surface area contributed by atoms with E-state index >= 15 is 8.78 Å². The van der Waals surface area contributed by atoms with E-state index < -0.39 is 36.5 Å². The zero-order chi connectivity index (χ0) is 29.5. The van der Waals surface area contributed by atoms with Gasteiger partial charge in [0.1, 0.15) is 22.9 Å². The highest BCUT2D eigenvalue weighted by atomic mass is 35.5. The van der Waals surface area contributed by atoms with Crippen molar-refractivity contribution in [3.8, 4) is 5.75 Å². The second-order valence-corrected chi connectivity index (χ2v) is 10.2. The average molecular weight is 594 g/mol. The number of imidazole rings is 1. The van der Waals surface area contributed by atoms with Crippen LogP contribution in [0.1, 0.15) is 22.9 Å². The minimum absolute atomic E-state index is 0.0262. The summed E-state index contributed by atoms with van der Waals surface area (Å²) >= 11 is 6.54. The first-order valence-corrected chi connectivity index (χ1v) is 13.4. The Bertz CT molecular complexity index is 1650. The van der Waals surface area contributed by atoms with Crippen molar-refractivity contribution in [2.75, 3.05) is 19.0 Å². The van der Waals surface area contributed by atoms with Gasteiger partial charge in [0.2, 0.25) is 12.2 Å². The summed E-state index contributed by atoms with van der Waals surface area (Å²) in [5.74, 6) is -3.05. The van der Waals surface area contributed by atoms with Gasteiger partial charge < -0.3 is 25.0 Å². The fourth-order valence-electron chi connectivity index (χ4n) is 5.33. The zero-order valence-electron chi connectivity index (χ0n) is 22.2. The average Bonchev–Trinajstić information content (AvgIpc) is 3.54. The molecule has 1 aliphatic rings. The molecular weight excluding hydrogens is 568 g/mol. The highest BCUT2D eigenvalue weighted by Crippen LogP contribution is 2.45. The van der Waals surface area contributed by atoms with Crippen LogP contribution in [0.15, 0.2) is 91.3 Å². The first kappa shape index (κ1) is 28.0. The quantitative estimate of drug-likeness (QED) is 0.174. The molecule has 1 saturated heterocycles. The van der Waals surface area contributed by atoms with Crippen LogP contribution in [-0.2, 0) is 10.3 Å². The van der Waals surface area contributed by atoms with Crippen molar-refractivity contribution >= 4 is 28.7 Å². The molecule has 0 spiro atoms. The maximum absolute atomic E-state index is 15.1. The highest BCUT2D eigenvalue weighted by Gasteiger charge is 2.59. The summed E-state index contributed by atoms with van der Waals surface area (Å²) < 4.78 is 41.9. The molecule has 1 aliphatic heterocycles. The van der Waals surface area contributed by atoms with E-state index in [2.05, 4.69) is 20.3 Å². The largest absolute Gasteiger partial charge is 0.497 e. The number of anilines is 1. The Morgan fingerprint density at radius 1 is 0.976 bits per heavy atom. The lowest BCUT2D eigenvalue weighted by molar-refractivity contribution is -0.138. The van der Waals surface area contributed by atoms with Crippen molar-refractivity contribution in [3.63, 3.8) is 0 Å². The molecule has 0 amide bonds. The molecule has 12 heteroatoms. The van der Waals surface area contributed by atoms with Gasteiger partial charge >= 0.3 is 5.92 Å². The molecule has 3 N–H and O–H groups in total. The van der Waals surface area contributed by atoms with E-state index in [1.165, 1.54) is 0 Å². The molecule has 1 fully saturated rings. The third kappa shape index (κ3) is 4.54. The van der Waals surface area contributed by atoms with Crippen molar-refractivity contribution in [2.45, 2.75) is 29.9 Å². The number of hydrogen-bond donors (Lipinski definition) is 3. The second kappa shape index (κ2) is 10.9. The number of aromatic nitrogens is 4. The molecule has 9 nitrogen and oxygen atoms in total. The fraction of sp³-hybridized carbons (Fsp3) is 0.233. The minimum Gasteiger partial charge on any atom is -0.497 e. The van der Waals surface area contributed by atoms with Crippen molar-refractivity contribution in [2.24, 2.45) is 0 Å². The second-order valence-electron chi connectivity index (χ2n) is 9.83. The number of fused-ring (bicyclic) bond motifs is 1. The monoisotopic (exact) mass is 593 g/mol. The lowest BCUT2D eigenvalue weighted by atomic mass is 9.77. The zero-order valence-corrected chi connectivity index (χ0v) is 23.0. The van der Waals surface area contributed by atoms with Crippen molar-refractivity contribution < 1.29 is 28.5 Å². The number of halogens is 3. The van der Waals surface area contributed by atoms with Gasteiger partial charge in [0.15, 0.2) is 16.9 Å². The van der Waals surface area contributed by atoms with E-state index in [9.17, 15) is 10.2 Å². The summed E-state index contributed by atoms with van der Waals surface area (Å²) in [4.78, 5) is 13.2. The van der Waals surface area contributed by atoms with Crippen LogP contribution < -0.4 is 10.1 Å². The molecule has 216 valence electrons. The number of aliphatic hydroxyl groups excluding tert-OH is 2.